The van der Waals surface area contributed by atoms with E-state index in [-0.39, 0.29) is 11.7 Å². The summed E-state index contributed by atoms with van der Waals surface area (Å²) >= 11 is 9.80. The van der Waals surface area contributed by atoms with Gasteiger partial charge in [-0.05, 0) is 61.7 Å². The van der Waals surface area contributed by atoms with Gasteiger partial charge in [0.15, 0.2) is 5.82 Å². The summed E-state index contributed by atoms with van der Waals surface area (Å²) in [5, 5.41) is 8.14. The van der Waals surface area contributed by atoms with E-state index in [0.717, 1.165) is 38.1 Å². The second-order valence-corrected chi connectivity index (χ2v) is 8.61. The van der Waals surface area contributed by atoms with E-state index in [4.69, 9.17) is 11.6 Å². The molecule has 0 aliphatic rings. The van der Waals surface area contributed by atoms with Crippen molar-refractivity contribution in [3.05, 3.63) is 92.7 Å². The highest BCUT2D eigenvalue weighted by Crippen LogP contribution is 2.28. The average Bonchev–Trinajstić information content (AvgIpc) is 3.18. The molecule has 7 heteroatoms. The zero-order valence-electron chi connectivity index (χ0n) is 17.3. The summed E-state index contributed by atoms with van der Waals surface area (Å²) in [6.45, 7) is 5.83. The number of aryl methyl sites for hydroxylation is 2. The van der Waals surface area contributed by atoms with Crippen molar-refractivity contribution in [3.63, 3.8) is 0 Å². The number of nitrogens with zero attached hydrogens (tertiary/aromatic N) is 3. The second-order valence-electron chi connectivity index (χ2n) is 7.28. The molecule has 3 aromatic carbocycles. The van der Waals surface area contributed by atoms with Gasteiger partial charge >= 0.3 is 0 Å². The summed E-state index contributed by atoms with van der Waals surface area (Å²) in [5.41, 5.74) is 5.19. The van der Waals surface area contributed by atoms with Gasteiger partial charge in [0.05, 0.1) is 5.69 Å². The van der Waals surface area contributed by atoms with Crippen molar-refractivity contribution in [2.45, 2.75) is 20.8 Å². The number of hydrogen-bond acceptors (Lipinski definition) is 3. The molecule has 1 amide bonds. The quantitative estimate of drug-likeness (QED) is 0.350. The number of halogens is 2. The average molecular weight is 496 g/mol. The van der Waals surface area contributed by atoms with Gasteiger partial charge < -0.3 is 5.32 Å². The van der Waals surface area contributed by atoms with Crippen molar-refractivity contribution >= 4 is 39.1 Å². The molecule has 0 saturated heterocycles. The molecule has 0 spiro atoms. The van der Waals surface area contributed by atoms with E-state index in [1.54, 1.807) is 4.68 Å². The molecule has 1 aromatic heterocycles. The Bertz CT molecular complexity index is 1260. The fourth-order valence-electron chi connectivity index (χ4n) is 3.37. The molecule has 1 heterocycles. The highest BCUT2D eigenvalue weighted by molar-refractivity contribution is 9.10. The first-order valence-electron chi connectivity index (χ1n) is 9.71. The lowest BCUT2D eigenvalue weighted by molar-refractivity contribution is 0.101. The summed E-state index contributed by atoms with van der Waals surface area (Å²) in [4.78, 5) is 17.7. The smallest absolute Gasteiger partial charge is 0.295 e. The first-order valence-corrected chi connectivity index (χ1v) is 10.9. The third kappa shape index (κ3) is 4.27. The first kappa shape index (κ1) is 21.3. The monoisotopic (exact) mass is 494 g/mol. The molecule has 0 radical (unpaired) electrons. The fraction of sp³-hybridized carbons (Fsp3) is 0.125. The molecule has 0 aliphatic heterocycles. The van der Waals surface area contributed by atoms with Crippen molar-refractivity contribution in [2.75, 3.05) is 5.32 Å². The number of anilines is 1. The molecule has 156 valence electrons. The Kier molecular flexibility index (Phi) is 5.94. The molecule has 1 N–H and O–H groups in total. The van der Waals surface area contributed by atoms with Gasteiger partial charge in [0.2, 0.25) is 5.82 Å². The van der Waals surface area contributed by atoms with Gasteiger partial charge in [-0.2, -0.15) is 0 Å². The van der Waals surface area contributed by atoms with Crippen LogP contribution in [0.1, 0.15) is 27.3 Å². The highest BCUT2D eigenvalue weighted by Gasteiger charge is 2.21. The molecule has 4 aromatic rings. The van der Waals surface area contributed by atoms with Crippen LogP contribution in [0.5, 0.6) is 0 Å². The Morgan fingerprint density at radius 3 is 2.29 bits per heavy atom. The predicted molar refractivity (Wildman–Crippen MR) is 128 cm³/mol. The lowest BCUT2D eigenvalue weighted by Gasteiger charge is -2.10. The maximum atomic E-state index is 13.1. The molecule has 31 heavy (non-hydrogen) atoms. The molecular formula is C24H20BrClN4O. The fourth-order valence-corrected chi connectivity index (χ4v) is 3.80. The van der Waals surface area contributed by atoms with Crippen molar-refractivity contribution < 1.29 is 4.79 Å². The van der Waals surface area contributed by atoms with E-state index < -0.39 is 0 Å². The van der Waals surface area contributed by atoms with Gasteiger partial charge in [0.1, 0.15) is 0 Å². The van der Waals surface area contributed by atoms with Crippen LogP contribution in [-0.2, 0) is 0 Å². The van der Waals surface area contributed by atoms with Gasteiger partial charge in [-0.25, -0.2) is 9.67 Å². The number of amides is 1. The Morgan fingerprint density at radius 1 is 0.968 bits per heavy atom. The lowest BCUT2D eigenvalue weighted by Crippen LogP contribution is -2.16. The molecule has 5 nitrogen and oxygen atoms in total. The molecule has 0 saturated carbocycles. The van der Waals surface area contributed by atoms with Crippen LogP contribution < -0.4 is 5.32 Å². The molecule has 4 rings (SSSR count). The standard InChI is InChI=1S/C24H20BrClN4O/c1-14-6-4-7-15(2)21(14)27-24(31)22-28-23(17-10-12-18(25)13-11-17)30(29-22)20-9-5-8-19(26)16(20)3/h4-13H,1-3H3,(H,27,31). The number of hydrogen-bond donors (Lipinski definition) is 1. The number of benzene rings is 3. The van der Waals surface area contributed by atoms with Gasteiger partial charge in [-0.1, -0.05) is 63.9 Å². The molecular weight excluding hydrogens is 476 g/mol. The minimum Gasteiger partial charge on any atom is -0.319 e. The van der Waals surface area contributed by atoms with Crippen molar-refractivity contribution in [1.82, 2.24) is 14.8 Å². The number of para-hydroxylation sites is 1. The van der Waals surface area contributed by atoms with Crippen LogP contribution in [0.2, 0.25) is 5.02 Å². The first-order chi connectivity index (χ1) is 14.8. The highest BCUT2D eigenvalue weighted by atomic mass is 79.9. The van der Waals surface area contributed by atoms with Crippen LogP contribution in [0.25, 0.3) is 17.1 Å². The molecule has 0 fully saturated rings. The summed E-state index contributed by atoms with van der Waals surface area (Å²) < 4.78 is 2.62. The third-order valence-electron chi connectivity index (χ3n) is 5.10. The largest absolute Gasteiger partial charge is 0.319 e. The van der Waals surface area contributed by atoms with E-state index >= 15 is 0 Å². The number of aromatic nitrogens is 3. The minimum atomic E-state index is -0.366. The molecule has 0 aliphatic carbocycles. The molecule has 0 bridgehead atoms. The predicted octanol–water partition coefficient (Wildman–Crippen LogP) is 6.53. The lowest BCUT2D eigenvalue weighted by atomic mass is 10.1. The normalized spacial score (nSPS) is 10.9. The van der Waals surface area contributed by atoms with Crippen LogP contribution in [0.4, 0.5) is 5.69 Å². The van der Waals surface area contributed by atoms with Crippen molar-refractivity contribution in [3.8, 4) is 17.1 Å². The Balaban J connectivity index is 1.82. The SMILES string of the molecule is Cc1cccc(C)c1NC(=O)c1nc(-c2ccc(Br)cc2)n(-c2cccc(Cl)c2C)n1. The van der Waals surface area contributed by atoms with E-state index in [1.807, 2.05) is 81.4 Å². The van der Waals surface area contributed by atoms with E-state index in [0.29, 0.717) is 10.8 Å². The Hall–Kier alpha value is -2.96. The summed E-state index contributed by atoms with van der Waals surface area (Å²) in [6.07, 6.45) is 0. The summed E-state index contributed by atoms with van der Waals surface area (Å²) in [7, 11) is 0. The Labute approximate surface area is 194 Å². The van der Waals surface area contributed by atoms with Crippen LogP contribution in [-0.4, -0.2) is 20.7 Å². The number of carbonyl (C=O) groups is 1. The van der Waals surface area contributed by atoms with Crippen molar-refractivity contribution in [1.29, 1.82) is 0 Å². The minimum absolute atomic E-state index is 0.0833. The number of nitrogens with one attached hydrogen (secondary N) is 1. The van der Waals surface area contributed by atoms with Gasteiger partial charge in [-0.3, -0.25) is 4.79 Å². The molecule has 0 unspecified atom stereocenters. The van der Waals surface area contributed by atoms with E-state index in [9.17, 15) is 4.79 Å². The van der Waals surface area contributed by atoms with Gasteiger partial charge in [-0.15, -0.1) is 5.10 Å². The Morgan fingerprint density at radius 2 is 1.61 bits per heavy atom. The van der Waals surface area contributed by atoms with E-state index in [1.165, 1.54) is 0 Å². The zero-order valence-corrected chi connectivity index (χ0v) is 19.6. The van der Waals surface area contributed by atoms with Crippen LogP contribution in [0, 0.1) is 20.8 Å². The van der Waals surface area contributed by atoms with Gasteiger partial charge in [0, 0.05) is 20.7 Å². The molecule has 0 atom stereocenters. The van der Waals surface area contributed by atoms with Crippen molar-refractivity contribution in [2.24, 2.45) is 0 Å². The number of carbonyl (C=O) groups excluding carboxylic acids is 1. The maximum absolute atomic E-state index is 13.1. The van der Waals surface area contributed by atoms with Crippen LogP contribution in [0.15, 0.2) is 65.1 Å². The topological polar surface area (TPSA) is 59.8 Å². The van der Waals surface area contributed by atoms with Crippen LogP contribution >= 0.6 is 27.5 Å². The summed E-state index contributed by atoms with van der Waals surface area (Å²) in [6, 6.07) is 19.2. The zero-order chi connectivity index (χ0) is 22.1. The van der Waals surface area contributed by atoms with E-state index in [2.05, 4.69) is 31.3 Å². The van der Waals surface area contributed by atoms with Gasteiger partial charge in [0.25, 0.3) is 5.91 Å². The summed E-state index contributed by atoms with van der Waals surface area (Å²) in [5.74, 6) is 0.277. The van der Waals surface area contributed by atoms with Crippen LogP contribution in [0.3, 0.4) is 0 Å². The maximum Gasteiger partial charge on any atom is 0.295 e. The third-order valence-corrected chi connectivity index (χ3v) is 6.04. The second kappa shape index (κ2) is 8.65. The number of rotatable bonds is 4.